The Bertz CT molecular complexity index is 2230. The van der Waals surface area contributed by atoms with Gasteiger partial charge < -0.3 is 9.13 Å². The molecule has 0 aliphatic heterocycles. The van der Waals surface area contributed by atoms with Gasteiger partial charge in [-0.05, 0) is 109 Å². The van der Waals surface area contributed by atoms with Crippen LogP contribution in [0.2, 0.25) is 0 Å². The first-order valence-corrected chi connectivity index (χ1v) is 16.9. The van der Waals surface area contributed by atoms with Gasteiger partial charge in [-0.25, -0.2) is 0 Å². The molecule has 0 atom stereocenters. The average Bonchev–Trinajstić information content (AvgIpc) is 3.85. The fourth-order valence-corrected chi connectivity index (χ4v) is 8.45. The van der Waals surface area contributed by atoms with Crippen LogP contribution in [-0.4, -0.2) is 9.13 Å². The van der Waals surface area contributed by atoms with Crippen molar-refractivity contribution < 1.29 is 0 Å². The Hall–Kier alpha value is -4.96. The summed E-state index contributed by atoms with van der Waals surface area (Å²) in [6, 6.07) is 37.3. The Morgan fingerprint density at radius 2 is 0.783 bits per heavy atom. The number of nitrogens with zero attached hydrogens (tertiary/aromatic N) is 2. The second-order valence-electron chi connectivity index (χ2n) is 13.4. The lowest BCUT2D eigenvalue weighted by Crippen LogP contribution is -2.14. The summed E-state index contributed by atoms with van der Waals surface area (Å²) in [5, 5.41) is 2.56. The number of fused-ring (bicyclic) bond motifs is 4. The maximum Gasteiger partial charge on any atom is 0.197 e. The van der Waals surface area contributed by atoms with Crippen molar-refractivity contribution in [1.82, 2.24) is 9.13 Å². The van der Waals surface area contributed by atoms with E-state index in [9.17, 15) is 9.59 Å². The highest BCUT2D eigenvalue weighted by Gasteiger charge is 2.21. The number of pyridine rings is 2. The molecule has 2 heterocycles. The fourth-order valence-electron chi connectivity index (χ4n) is 8.45. The summed E-state index contributed by atoms with van der Waals surface area (Å²) in [5.74, 6) is 1.25. The normalized spacial score (nSPS) is 16.0. The van der Waals surface area contributed by atoms with E-state index in [4.69, 9.17) is 0 Å². The van der Waals surface area contributed by atoms with Crippen molar-refractivity contribution >= 4 is 43.6 Å². The third-order valence-corrected chi connectivity index (χ3v) is 10.8. The lowest BCUT2D eigenvalue weighted by molar-refractivity contribution is 0.723. The summed E-state index contributed by atoms with van der Waals surface area (Å²) < 4.78 is 4.33. The van der Waals surface area contributed by atoms with Crippen LogP contribution in [0.15, 0.2) is 119 Å². The van der Waals surface area contributed by atoms with Gasteiger partial charge in [0.15, 0.2) is 10.9 Å². The summed E-state index contributed by atoms with van der Waals surface area (Å²) in [4.78, 5) is 28.5. The van der Waals surface area contributed by atoms with Crippen molar-refractivity contribution in [3.05, 3.63) is 141 Å². The van der Waals surface area contributed by atoms with Gasteiger partial charge in [0.2, 0.25) is 0 Å². The Morgan fingerprint density at radius 1 is 0.413 bits per heavy atom. The van der Waals surface area contributed by atoms with E-state index in [0.717, 1.165) is 33.4 Å². The number of hydrogen-bond acceptors (Lipinski definition) is 2. The van der Waals surface area contributed by atoms with E-state index in [-0.39, 0.29) is 10.9 Å². The second-order valence-corrected chi connectivity index (χ2v) is 13.4. The van der Waals surface area contributed by atoms with Crippen LogP contribution in [0.1, 0.15) is 74.3 Å². The predicted octanol–water partition coefficient (Wildman–Crippen LogP) is 9.92. The molecular weight excluding hydrogens is 564 g/mol. The van der Waals surface area contributed by atoms with Crippen LogP contribution in [0.25, 0.3) is 55.0 Å². The molecule has 5 aromatic carbocycles. The molecule has 4 heteroatoms. The first-order chi connectivity index (χ1) is 22.7. The maximum atomic E-state index is 14.2. The van der Waals surface area contributed by atoms with Gasteiger partial charge in [0.1, 0.15) is 0 Å². The van der Waals surface area contributed by atoms with Gasteiger partial charge in [0.05, 0.1) is 22.1 Å². The molecule has 4 nitrogen and oxygen atoms in total. The van der Waals surface area contributed by atoms with Crippen LogP contribution in [0.3, 0.4) is 0 Å². The minimum absolute atomic E-state index is 0.0185. The van der Waals surface area contributed by atoms with E-state index in [1.54, 1.807) is 0 Å². The van der Waals surface area contributed by atoms with Crippen molar-refractivity contribution in [2.24, 2.45) is 0 Å². The van der Waals surface area contributed by atoms with Crippen molar-refractivity contribution in [3.63, 3.8) is 0 Å². The molecular formula is C42H36N2O2. The number of rotatable bonds is 4. The summed E-state index contributed by atoms with van der Waals surface area (Å²) in [5.41, 5.74) is 7.90. The van der Waals surface area contributed by atoms with Crippen molar-refractivity contribution in [2.75, 3.05) is 0 Å². The molecule has 0 amide bonds. The van der Waals surface area contributed by atoms with Gasteiger partial charge in [0, 0.05) is 32.9 Å². The highest BCUT2D eigenvalue weighted by Crippen LogP contribution is 2.37. The summed E-state index contributed by atoms with van der Waals surface area (Å²) in [6.45, 7) is 0. The van der Waals surface area contributed by atoms with Crippen LogP contribution in [0.4, 0.5) is 0 Å². The Balaban J connectivity index is 1.34. The molecule has 0 bridgehead atoms. The summed E-state index contributed by atoms with van der Waals surface area (Å²) in [6.07, 6.45) is 10.2. The standard InChI is InChI=1S/C42H36N2O2/c45-41-33-13-5-7-15-37(33)43(31-21-17-29(18-22-31)27-9-1-2-10-27)39-25-36-40(26-35(39)41)44(38-16-8-6-14-34(38)42(36)46)32-23-19-30(20-24-32)28-11-3-4-12-28/h5-8,13-28H,1-4,9-12H2. The van der Waals surface area contributed by atoms with Gasteiger partial charge in [-0.1, -0.05) is 74.2 Å². The highest BCUT2D eigenvalue weighted by molar-refractivity contribution is 6.05. The molecule has 2 fully saturated rings. The molecule has 2 aromatic heterocycles. The van der Waals surface area contributed by atoms with Crippen LogP contribution < -0.4 is 10.9 Å². The zero-order chi connectivity index (χ0) is 30.8. The van der Waals surface area contributed by atoms with Gasteiger partial charge in [0.25, 0.3) is 0 Å². The van der Waals surface area contributed by atoms with Gasteiger partial charge >= 0.3 is 0 Å². The molecule has 7 aromatic rings. The Kier molecular flexibility index (Phi) is 6.45. The van der Waals surface area contributed by atoms with Crippen LogP contribution in [0, 0.1) is 0 Å². The zero-order valence-corrected chi connectivity index (χ0v) is 25.9. The molecule has 2 saturated carbocycles. The second kappa shape index (κ2) is 10.8. The smallest absolute Gasteiger partial charge is 0.197 e. The molecule has 9 rings (SSSR count). The minimum Gasteiger partial charge on any atom is -0.309 e. The summed E-state index contributed by atoms with van der Waals surface area (Å²) >= 11 is 0. The maximum absolute atomic E-state index is 14.2. The molecule has 0 N–H and O–H groups in total. The topological polar surface area (TPSA) is 44.0 Å². The first-order valence-electron chi connectivity index (χ1n) is 16.9. The molecule has 0 spiro atoms. The molecule has 2 aliphatic rings. The number of para-hydroxylation sites is 2. The lowest BCUT2D eigenvalue weighted by atomic mass is 9.97. The number of benzene rings is 5. The van der Waals surface area contributed by atoms with E-state index in [1.807, 2.05) is 60.7 Å². The molecule has 2 aliphatic carbocycles. The number of aromatic nitrogens is 2. The largest absolute Gasteiger partial charge is 0.309 e. The monoisotopic (exact) mass is 600 g/mol. The van der Waals surface area contributed by atoms with Crippen LogP contribution >= 0.6 is 0 Å². The molecule has 0 saturated heterocycles. The third kappa shape index (κ3) is 4.27. The summed E-state index contributed by atoms with van der Waals surface area (Å²) in [7, 11) is 0. The molecule has 46 heavy (non-hydrogen) atoms. The predicted molar refractivity (Wildman–Crippen MR) is 190 cm³/mol. The Labute approximate surface area is 267 Å². The average molecular weight is 601 g/mol. The quantitative estimate of drug-likeness (QED) is 0.189. The molecule has 0 radical (unpaired) electrons. The zero-order valence-electron chi connectivity index (χ0n) is 25.9. The fraction of sp³-hybridized carbons (Fsp3) is 0.238. The first kappa shape index (κ1) is 27.4. The van der Waals surface area contributed by atoms with Crippen LogP contribution in [-0.2, 0) is 0 Å². The third-order valence-electron chi connectivity index (χ3n) is 10.8. The van der Waals surface area contributed by atoms with Crippen molar-refractivity contribution in [1.29, 1.82) is 0 Å². The van der Waals surface area contributed by atoms with Crippen LogP contribution in [0.5, 0.6) is 0 Å². The van der Waals surface area contributed by atoms with E-state index >= 15 is 0 Å². The van der Waals surface area contributed by atoms with E-state index < -0.39 is 0 Å². The van der Waals surface area contributed by atoms with Gasteiger partial charge in [-0.15, -0.1) is 0 Å². The van der Waals surface area contributed by atoms with E-state index in [0.29, 0.717) is 33.4 Å². The molecule has 0 unspecified atom stereocenters. The SMILES string of the molecule is O=c1c2ccccc2n(-c2ccc(C3CCCC3)cc2)c2cc3c(=O)c4ccccc4n(-c4ccc(C5CCCC5)cc4)c3cc12. The minimum atomic E-state index is -0.0185. The van der Waals surface area contributed by atoms with Crippen molar-refractivity contribution in [3.8, 4) is 11.4 Å². The highest BCUT2D eigenvalue weighted by atomic mass is 16.1. The molecule has 226 valence electrons. The Morgan fingerprint density at radius 3 is 1.17 bits per heavy atom. The van der Waals surface area contributed by atoms with Gasteiger partial charge in [-0.3, -0.25) is 9.59 Å². The van der Waals surface area contributed by atoms with E-state index in [1.165, 1.54) is 62.5 Å². The van der Waals surface area contributed by atoms with Crippen molar-refractivity contribution in [2.45, 2.75) is 63.2 Å². The lowest BCUT2D eigenvalue weighted by Gasteiger charge is -2.20. The number of hydrogen-bond donors (Lipinski definition) is 0. The van der Waals surface area contributed by atoms with Gasteiger partial charge in [-0.2, -0.15) is 0 Å². The van der Waals surface area contributed by atoms with E-state index in [2.05, 4.69) is 57.7 Å².